The number of benzene rings is 1. The fourth-order valence-electron chi connectivity index (χ4n) is 2.85. The summed E-state index contributed by atoms with van der Waals surface area (Å²) in [5.74, 6) is 0.269. The van der Waals surface area contributed by atoms with Gasteiger partial charge in [0, 0.05) is 23.8 Å². The number of hydrogen-bond donors (Lipinski definition) is 0. The summed E-state index contributed by atoms with van der Waals surface area (Å²) >= 11 is 5.85. The number of aromatic nitrogens is 1. The Morgan fingerprint density at radius 1 is 1.31 bits per heavy atom. The summed E-state index contributed by atoms with van der Waals surface area (Å²) in [7, 11) is -3.45. The lowest BCUT2D eigenvalue weighted by molar-refractivity contribution is 0.124. The second-order valence-corrected chi connectivity index (χ2v) is 8.52. The van der Waals surface area contributed by atoms with Crippen molar-refractivity contribution in [3.05, 3.63) is 58.7 Å². The maximum Gasteiger partial charge on any atom is 0.218 e. The predicted molar refractivity (Wildman–Crippen MR) is 98.3 cm³/mol. The number of piperidine rings is 1. The Kier molecular flexibility index (Phi) is 5.77. The van der Waals surface area contributed by atoms with Crippen LogP contribution in [-0.4, -0.2) is 36.9 Å². The van der Waals surface area contributed by atoms with Crippen molar-refractivity contribution in [1.29, 1.82) is 5.26 Å². The van der Waals surface area contributed by atoms with Crippen LogP contribution in [0.1, 0.15) is 24.0 Å². The lowest BCUT2D eigenvalue weighted by Crippen LogP contribution is -2.44. The summed E-state index contributed by atoms with van der Waals surface area (Å²) in [6.45, 7) is 0.746. The van der Waals surface area contributed by atoms with E-state index in [1.165, 1.54) is 10.5 Å². The zero-order chi connectivity index (χ0) is 18.6. The van der Waals surface area contributed by atoms with E-state index in [4.69, 9.17) is 21.6 Å². The van der Waals surface area contributed by atoms with Gasteiger partial charge in [-0.25, -0.2) is 13.4 Å². The summed E-state index contributed by atoms with van der Waals surface area (Å²) in [6.07, 6.45) is 2.67. The molecule has 0 N–H and O–H groups in total. The number of nitrogens with zero attached hydrogens (tertiary/aromatic N) is 3. The molecule has 0 unspecified atom stereocenters. The van der Waals surface area contributed by atoms with Crippen LogP contribution in [0.15, 0.2) is 42.6 Å². The number of ether oxygens (including phenoxy) is 1. The molecule has 0 amide bonds. The first-order valence-electron chi connectivity index (χ1n) is 8.21. The van der Waals surface area contributed by atoms with Crippen LogP contribution < -0.4 is 4.74 Å². The van der Waals surface area contributed by atoms with E-state index < -0.39 is 10.0 Å². The van der Waals surface area contributed by atoms with Crippen molar-refractivity contribution in [2.24, 2.45) is 0 Å². The Morgan fingerprint density at radius 2 is 2.08 bits per heavy atom. The van der Waals surface area contributed by atoms with Gasteiger partial charge in [-0.1, -0.05) is 23.7 Å². The highest BCUT2D eigenvalue weighted by Gasteiger charge is 2.30. The highest BCUT2D eigenvalue weighted by Crippen LogP contribution is 2.22. The van der Waals surface area contributed by atoms with Crippen LogP contribution in [0, 0.1) is 11.3 Å². The first-order valence-corrected chi connectivity index (χ1v) is 10.2. The van der Waals surface area contributed by atoms with E-state index in [1.54, 1.807) is 36.4 Å². The molecule has 26 heavy (non-hydrogen) atoms. The van der Waals surface area contributed by atoms with Crippen LogP contribution in [0.3, 0.4) is 0 Å². The van der Waals surface area contributed by atoms with Gasteiger partial charge in [0.25, 0.3) is 0 Å². The number of halogens is 1. The van der Waals surface area contributed by atoms with Gasteiger partial charge in [0.05, 0.1) is 23.9 Å². The van der Waals surface area contributed by atoms with Crippen LogP contribution in [0.5, 0.6) is 5.88 Å². The molecule has 0 aliphatic carbocycles. The molecule has 6 nitrogen and oxygen atoms in total. The van der Waals surface area contributed by atoms with E-state index in [9.17, 15) is 8.42 Å². The number of sulfonamides is 1. The van der Waals surface area contributed by atoms with Gasteiger partial charge in [-0.05, 0) is 36.6 Å². The number of nitriles is 1. The van der Waals surface area contributed by atoms with Gasteiger partial charge in [0.15, 0.2) is 0 Å². The molecular formula is C18H18ClN3O3S. The average molecular weight is 392 g/mol. The fourth-order valence-corrected chi connectivity index (χ4v) is 4.57. The van der Waals surface area contributed by atoms with Gasteiger partial charge in [-0.3, -0.25) is 0 Å². The van der Waals surface area contributed by atoms with Gasteiger partial charge in [0.2, 0.25) is 15.9 Å². The Bertz CT molecular complexity index is 910. The average Bonchev–Trinajstić information content (AvgIpc) is 2.64. The normalized spacial score (nSPS) is 18.2. The lowest BCUT2D eigenvalue weighted by atomic mass is 10.1. The van der Waals surface area contributed by atoms with Crippen molar-refractivity contribution in [2.75, 3.05) is 13.1 Å². The van der Waals surface area contributed by atoms with Crippen molar-refractivity contribution in [2.45, 2.75) is 24.7 Å². The predicted octanol–water partition coefficient (Wildman–Crippen LogP) is 2.98. The monoisotopic (exact) mass is 391 g/mol. The second-order valence-electron chi connectivity index (χ2n) is 6.12. The van der Waals surface area contributed by atoms with E-state index in [0.29, 0.717) is 35.0 Å². The van der Waals surface area contributed by atoms with Crippen molar-refractivity contribution >= 4 is 21.6 Å². The summed E-state index contributed by atoms with van der Waals surface area (Å²) in [5, 5.41) is 9.52. The minimum Gasteiger partial charge on any atom is -0.473 e. The second kappa shape index (κ2) is 8.04. The number of hydrogen-bond acceptors (Lipinski definition) is 5. The number of rotatable bonds is 5. The van der Waals surface area contributed by atoms with Gasteiger partial charge >= 0.3 is 0 Å². The first kappa shape index (κ1) is 18.6. The van der Waals surface area contributed by atoms with Crippen LogP contribution in [0.2, 0.25) is 5.02 Å². The first-order chi connectivity index (χ1) is 12.5. The van der Waals surface area contributed by atoms with Crippen LogP contribution in [-0.2, 0) is 15.8 Å². The molecule has 3 rings (SSSR count). The van der Waals surface area contributed by atoms with Gasteiger partial charge < -0.3 is 4.74 Å². The van der Waals surface area contributed by atoms with Crippen LogP contribution in [0.4, 0.5) is 0 Å². The molecule has 1 saturated heterocycles. The van der Waals surface area contributed by atoms with Crippen molar-refractivity contribution in [3.63, 3.8) is 0 Å². The van der Waals surface area contributed by atoms with Crippen LogP contribution >= 0.6 is 11.6 Å². The Morgan fingerprint density at radius 3 is 2.81 bits per heavy atom. The molecule has 2 aromatic rings. The highest BCUT2D eigenvalue weighted by atomic mass is 35.5. The molecule has 1 aromatic carbocycles. The quantitative estimate of drug-likeness (QED) is 0.782. The molecule has 1 aliphatic heterocycles. The molecule has 0 spiro atoms. The maximum absolute atomic E-state index is 12.7. The third-order valence-electron chi connectivity index (χ3n) is 4.15. The molecular weight excluding hydrogens is 374 g/mol. The van der Waals surface area contributed by atoms with E-state index in [0.717, 1.165) is 6.42 Å². The van der Waals surface area contributed by atoms with E-state index in [2.05, 4.69) is 4.98 Å². The number of pyridine rings is 1. The Labute approximate surface area is 158 Å². The molecule has 1 aromatic heterocycles. The minimum atomic E-state index is -3.45. The molecule has 0 radical (unpaired) electrons. The molecule has 0 bridgehead atoms. The highest BCUT2D eigenvalue weighted by molar-refractivity contribution is 7.88. The largest absolute Gasteiger partial charge is 0.473 e. The van der Waals surface area contributed by atoms with E-state index in [-0.39, 0.29) is 18.4 Å². The van der Waals surface area contributed by atoms with Crippen molar-refractivity contribution in [3.8, 4) is 11.9 Å². The smallest absolute Gasteiger partial charge is 0.218 e. The third-order valence-corrected chi connectivity index (χ3v) is 6.22. The Hall–Kier alpha value is -2.14. The molecule has 1 fully saturated rings. The maximum atomic E-state index is 12.7. The van der Waals surface area contributed by atoms with E-state index in [1.807, 2.05) is 6.07 Å². The van der Waals surface area contributed by atoms with Crippen molar-refractivity contribution in [1.82, 2.24) is 9.29 Å². The van der Waals surface area contributed by atoms with E-state index >= 15 is 0 Å². The summed E-state index contributed by atoms with van der Waals surface area (Å²) in [4.78, 5) is 4.09. The van der Waals surface area contributed by atoms with Crippen LogP contribution in [0.25, 0.3) is 0 Å². The van der Waals surface area contributed by atoms with Gasteiger partial charge in [0.1, 0.15) is 6.10 Å². The van der Waals surface area contributed by atoms with Gasteiger partial charge in [-0.15, -0.1) is 0 Å². The molecule has 1 aliphatic rings. The zero-order valence-corrected chi connectivity index (χ0v) is 15.6. The molecule has 136 valence electrons. The molecule has 1 atom stereocenters. The minimum absolute atomic E-state index is 0.0704. The standard InChI is InChI=1S/C18H18ClN3O3S/c19-16-5-3-14(4-6-16)13-26(23,24)22-9-1-2-17(12-22)25-18-10-15(11-20)7-8-21-18/h3-8,10,17H,1-2,9,12-13H2/t17-/m0/s1. The zero-order valence-electron chi connectivity index (χ0n) is 14.0. The third kappa shape index (κ3) is 4.73. The molecule has 8 heteroatoms. The lowest BCUT2D eigenvalue weighted by Gasteiger charge is -2.31. The summed E-state index contributed by atoms with van der Waals surface area (Å²) < 4.78 is 32.7. The summed E-state index contributed by atoms with van der Waals surface area (Å²) in [6, 6.07) is 12.0. The Balaban J connectivity index is 1.67. The fraction of sp³-hybridized carbons (Fsp3) is 0.333. The topological polar surface area (TPSA) is 83.3 Å². The summed E-state index contributed by atoms with van der Waals surface area (Å²) in [5.41, 5.74) is 1.15. The van der Waals surface area contributed by atoms with Crippen molar-refractivity contribution < 1.29 is 13.2 Å². The SMILES string of the molecule is N#Cc1ccnc(O[C@H]2CCCN(S(=O)(=O)Cc3ccc(Cl)cc3)C2)c1. The molecule has 2 heterocycles. The van der Waals surface area contributed by atoms with Gasteiger partial charge in [-0.2, -0.15) is 9.57 Å². The molecule has 0 saturated carbocycles.